The molecule has 0 unspecified atom stereocenters. The first-order valence-corrected chi connectivity index (χ1v) is 7.18. The first kappa shape index (κ1) is 15.2. The highest BCUT2D eigenvalue weighted by Gasteiger charge is 2.19. The smallest absolute Gasteiger partial charge is 0.265 e. The molecule has 0 saturated heterocycles. The molecule has 116 valence electrons. The van der Waals surface area contributed by atoms with E-state index in [1.807, 2.05) is 0 Å². The van der Waals surface area contributed by atoms with Gasteiger partial charge in [-0.2, -0.15) is 4.39 Å². The number of halogens is 2. The molecule has 0 fully saturated rings. The fourth-order valence-electron chi connectivity index (χ4n) is 2.78. The van der Waals surface area contributed by atoms with Crippen molar-refractivity contribution in [3.63, 3.8) is 0 Å². The number of hydrogen-bond donors (Lipinski definition) is 0. The normalized spacial score (nSPS) is 11.0. The zero-order chi connectivity index (χ0) is 16.7. The minimum atomic E-state index is -0.727. The predicted molar refractivity (Wildman–Crippen MR) is 88.9 cm³/mol. The number of allylic oxidation sites excluding steroid dienone is 1. The van der Waals surface area contributed by atoms with Crippen molar-refractivity contribution < 1.29 is 8.78 Å². The van der Waals surface area contributed by atoms with Crippen LogP contribution in [0.1, 0.15) is 18.1 Å². The Morgan fingerprint density at radius 1 is 1.04 bits per heavy atom. The molecule has 0 radical (unpaired) electrons. The third kappa shape index (κ3) is 2.27. The zero-order valence-electron chi connectivity index (χ0n) is 12.9. The molecule has 1 heterocycles. The van der Waals surface area contributed by atoms with Crippen molar-refractivity contribution in [2.45, 2.75) is 13.8 Å². The van der Waals surface area contributed by atoms with Crippen LogP contribution in [0, 0.1) is 18.7 Å². The van der Waals surface area contributed by atoms with E-state index in [9.17, 15) is 9.18 Å². The molecule has 3 rings (SSSR count). The summed E-state index contributed by atoms with van der Waals surface area (Å²) in [6.07, 6.45) is 0. The molecule has 0 atom stereocenters. The molecule has 1 aromatic heterocycles. The van der Waals surface area contributed by atoms with E-state index in [1.54, 1.807) is 31.2 Å². The van der Waals surface area contributed by atoms with E-state index in [2.05, 4.69) is 6.58 Å². The number of fused-ring (bicyclic) bond motifs is 1. The Labute approximate surface area is 132 Å². The SMILES string of the molecule is C=C(C)c1c(F)n(-c2cccc(F)c2C)c(=O)c2ccccc12. The first-order valence-electron chi connectivity index (χ1n) is 7.18. The molecule has 3 aromatic rings. The van der Waals surface area contributed by atoms with E-state index in [0.29, 0.717) is 16.3 Å². The van der Waals surface area contributed by atoms with Crippen LogP contribution in [-0.4, -0.2) is 4.57 Å². The number of rotatable bonds is 2. The second kappa shape index (κ2) is 5.47. The minimum Gasteiger partial charge on any atom is -0.268 e. The van der Waals surface area contributed by atoms with Crippen LogP contribution in [0.2, 0.25) is 0 Å². The molecule has 0 aliphatic carbocycles. The number of benzene rings is 2. The molecule has 0 bridgehead atoms. The van der Waals surface area contributed by atoms with Gasteiger partial charge in [0.25, 0.3) is 5.56 Å². The van der Waals surface area contributed by atoms with Gasteiger partial charge in [0.15, 0.2) is 0 Å². The molecule has 0 amide bonds. The minimum absolute atomic E-state index is 0.195. The van der Waals surface area contributed by atoms with Gasteiger partial charge < -0.3 is 0 Å². The molecule has 0 spiro atoms. The standard InChI is InChI=1S/C19H15F2NO/c1-11(2)17-13-7-4-5-8-14(13)19(23)22(18(17)21)16-10-6-9-15(20)12(16)3/h4-10H,1H2,2-3H3. The molecule has 2 nitrogen and oxygen atoms in total. The Hall–Kier alpha value is -2.75. The number of nitrogens with zero attached hydrogens (tertiary/aromatic N) is 1. The summed E-state index contributed by atoms with van der Waals surface area (Å²) in [5, 5.41) is 0.878. The van der Waals surface area contributed by atoms with Gasteiger partial charge in [0, 0.05) is 16.5 Å². The van der Waals surface area contributed by atoms with Crippen LogP contribution in [0.3, 0.4) is 0 Å². The lowest BCUT2D eigenvalue weighted by molar-refractivity contribution is 0.540. The Balaban J connectivity index is 2.55. The van der Waals surface area contributed by atoms with E-state index in [0.717, 1.165) is 4.57 Å². The highest BCUT2D eigenvalue weighted by molar-refractivity contribution is 5.92. The van der Waals surface area contributed by atoms with Crippen LogP contribution in [0.5, 0.6) is 0 Å². The van der Waals surface area contributed by atoms with Crippen molar-refractivity contribution >= 4 is 16.3 Å². The van der Waals surface area contributed by atoms with Crippen molar-refractivity contribution in [3.05, 3.63) is 82.3 Å². The molecule has 0 aliphatic heterocycles. The maximum atomic E-state index is 15.1. The lowest BCUT2D eigenvalue weighted by atomic mass is 10.0. The van der Waals surface area contributed by atoms with Gasteiger partial charge in [0.1, 0.15) is 5.82 Å². The van der Waals surface area contributed by atoms with Gasteiger partial charge in [-0.1, -0.05) is 30.8 Å². The van der Waals surface area contributed by atoms with Crippen molar-refractivity contribution in [1.82, 2.24) is 4.57 Å². The summed E-state index contributed by atoms with van der Waals surface area (Å²) in [7, 11) is 0. The average molecular weight is 311 g/mol. The van der Waals surface area contributed by atoms with Gasteiger partial charge in [-0.15, -0.1) is 0 Å². The van der Waals surface area contributed by atoms with E-state index in [1.165, 1.54) is 25.1 Å². The third-order valence-corrected chi connectivity index (χ3v) is 3.94. The molecular weight excluding hydrogens is 296 g/mol. The van der Waals surface area contributed by atoms with Crippen molar-refractivity contribution in [2.24, 2.45) is 0 Å². The Bertz CT molecular complexity index is 1000. The van der Waals surface area contributed by atoms with Crippen LogP contribution >= 0.6 is 0 Å². The van der Waals surface area contributed by atoms with Gasteiger partial charge in [-0.05, 0) is 43.0 Å². The van der Waals surface area contributed by atoms with Crippen LogP contribution in [0.4, 0.5) is 8.78 Å². The van der Waals surface area contributed by atoms with Crippen molar-refractivity contribution in [2.75, 3.05) is 0 Å². The van der Waals surface area contributed by atoms with Gasteiger partial charge in [-0.25, -0.2) is 4.39 Å². The Kier molecular flexibility index (Phi) is 3.60. The maximum absolute atomic E-state index is 15.1. The summed E-state index contributed by atoms with van der Waals surface area (Å²) in [6.45, 7) is 7.01. The molecule has 23 heavy (non-hydrogen) atoms. The largest absolute Gasteiger partial charge is 0.268 e. The van der Waals surface area contributed by atoms with Crippen molar-refractivity contribution in [3.8, 4) is 5.69 Å². The molecule has 0 saturated carbocycles. The Morgan fingerprint density at radius 2 is 1.70 bits per heavy atom. The summed E-state index contributed by atoms with van der Waals surface area (Å²) in [5.41, 5.74) is 0.666. The van der Waals surface area contributed by atoms with E-state index in [-0.39, 0.29) is 16.8 Å². The second-order valence-electron chi connectivity index (χ2n) is 5.52. The lowest BCUT2D eigenvalue weighted by Crippen LogP contribution is -2.24. The quantitative estimate of drug-likeness (QED) is 0.633. The second-order valence-corrected chi connectivity index (χ2v) is 5.52. The number of hydrogen-bond acceptors (Lipinski definition) is 1. The summed E-state index contributed by atoms with van der Waals surface area (Å²) in [5.74, 6) is -1.21. The van der Waals surface area contributed by atoms with Crippen LogP contribution in [-0.2, 0) is 0 Å². The van der Waals surface area contributed by atoms with Crippen LogP contribution < -0.4 is 5.56 Å². The summed E-state index contributed by atoms with van der Waals surface area (Å²) >= 11 is 0. The maximum Gasteiger partial charge on any atom is 0.265 e. The molecule has 2 aromatic carbocycles. The molecule has 4 heteroatoms. The number of pyridine rings is 1. The monoisotopic (exact) mass is 311 g/mol. The van der Waals surface area contributed by atoms with Gasteiger partial charge >= 0.3 is 0 Å². The van der Waals surface area contributed by atoms with E-state index < -0.39 is 17.3 Å². The summed E-state index contributed by atoms with van der Waals surface area (Å²) in [6, 6.07) is 11.0. The van der Waals surface area contributed by atoms with E-state index >= 15 is 4.39 Å². The highest BCUT2D eigenvalue weighted by atomic mass is 19.1. The van der Waals surface area contributed by atoms with Crippen LogP contribution in [0.25, 0.3) is 22.0 Å². The summed E-state index contributed by atoms with van der Waals surface area (Å²) in [4.78, 5) is 12.8. The fourth-order valence-corrected chi connectivity index (χ4v) is 2.78. The van der Waals surface area contributed by atoms with Crippen LogP contribution in [0.15, 0.2) is 53.8 Å². The molecule has 0 aliphatic rings. The first-order chi connectivity index (χ1) is 10.9. The summed E-state index contributed by atoms with van der Waals surface area (Å²) < 4.78 is 29.9. The average Bonchev–Trinajstić information content (AvgIpc) is 2.51. The zero-order valence-corrected chi connectivity index (χ0v) is 12.9. The Morgan fingerprint density at radius 3 is 2.35 bits per heavy atom. The number of aromatic nitrogens is 1. The van der Waals surface area contributed by atoms with Crippen molar-refractivity contribution in [1.29, 1.82) is 0 Å². The predicted octanol–water partition coefficient (Wildman–Crippen LogP) is 4.61. The van der Waals surface area contributed by atoms with Gasteiger partial charge in [0.2, 0.25) is 5.95 Å². The van der Waals surface area contributed by atoms with Gasteiger partial charge in [-0.3, -0.25) is 9.36 Å². The molecule has 0 N–H and O–H groups in total. The topological polar surface area (TPSA) is 22.0 Å². The lowest BCUT2D eigenvalue weighted by Gasteiger charge is -2.16. The molecular formula is C19H15F2NO. The highest BCUT2D eigenvalue weighted by Crippen LogP contribution is 2.27. The van der Waals surface area contributed by atoms with Gasteiger partial charge in [0.05, 0.1) is 5.69 Å². The van der Waals surface area contributed by atoms with E-state index in [4.69, 9.17) is 0 Å². The fraction of sp³-hybridized carbons (Fsp3) is 0.105. The third-order valence-electron chi connectivity index (χ3n) is 3.94.